The molecular weight excluding hydrogens is 280 g/mol. The van der Waals surface area contributed by atoms with Gasteiger partial charge in [0.05, 0.1) is 6.54 Å². The van der Waals surface area contributed by atoms with Crippen molar-refractivity contribution in [3.8, 4) is 0 Å². The zero-order valence-electron chi connectivity index (χ0n) is 13.0. The van der Waals surface area contributed by atoms with Crippen molar-refractivity contribution in [3.05, 3.63) is 46.8 Å². The maximum absolute atomic E-state index is 12.3. The predicted molar refractivity (Wildman–Crippen MR) is 80.9 cm³/mol. The average Bonchev–Trinajstić information content (AvgIpc) is 2.87. The molecule has 1 fully saturated rings. The normalized spacial score (nSPS) is 16.3. The van der Waals surface area contributed by atoms with E-state index in [-0.39, 0.29) is 5.91 Å². The SMILES string of the molecule is Cc1cccc(CN2CCN(Cc3nonc3C)CC2=O)c1. The highest BCUT2D eigenvalue weighted by atomic mass is 16.6. The van der Waals surface area contributed by atoms with Crippen LogP contribution in [0.4, 0.5) is 0 Å². The van der Waals surface area contributed by atoms with Crippen LogP contribution in [0, 0.1) is 13.8 Å². The van der Waals surface area contributed by atoms with Crippen LogP contribution < -0.4 is 0 Å². The molecule has 0 saturated carbocycles. The third-order valence-electron chi connectivity index (χ3n) is 3.97. The molecule has 2 aromatic rings. The van der Waals surface area contributed by atoms with Crippen molar-refractivity contribution in [2.24, 2.45) is 0 Å². The Labute approximate surface area is 129 Å². The fourth-order valence-corrected chi connectivity index (χ4v) is 2.70. The van der Waals surface area contributed by atoms with Crippen LogP contribution in [-0.4, -0.2) is 45.7 Å². The summed E-state index contributed by atoms with van der Waals surface area (Å²) in [6, 6.07) is 8.30. The summed E-state index contributed by atoms with van der Waals surface area (Å²) in [5, 5.41) is 7.65. The van der Waals surface area contributed by atoms with E-state index in [1.54, 1.807) is 0 Å². The first kappa shape index (κ1) is 14.7. The van der Waals surface area contributed by atoms with Crippen LogP contribution in [0.1, 0.15) is 22.5 Å². The van der Waals surface area contributed by atoms with Gasteiger partial charge in [0.1, 0.15) is 11.4 Å². The largest absolute Gasteiger partial charge is 0.336 e. The molecule has 1 aromatic heterocycles. The van der Waals surface area contributed by atoms with Crippen molar-refractivity contribution in [1.29, 1.82) is 0 Å². The molecule has 6 heteroatoms. The number of rotatable bonds is 4. The van der Waals surface area contributed by atoms with Crippen LogP contribution in [0.3, 0.4) is 0 Å². The van der Waals surface area contributed by atoms with Crippen LogP contribution in [-0.2, 0) is 17.9 Å². The zero-order chi connectivity index (χ0) is 15.5. The Morgan fingerprint density at radius 3 is 2.73 bits per heavy atom. The fourth-order valence-electron chi connectivity index (χ4n) is 2.70. The highest BCUT2D eigenvalue weighted by molar-refractivity contribution is 5.79. The number of aryl methyl sites for hydroxylation is 2. The third-order valence-corrected chi connectivity index (χ3v) is 3.97. The maximum Gasteiger partial charge on any atom is 0.237 e. The van der Waals surface area contributed by atoms with Crippen LogP contribution in [0.2, 0.25) is 0 Å². The molecule has 0 bridgehead atoms. The van der Waals surface area contributed by atoms with Crippen molar-refractivity contribution in [2.75, 3.05) is 19.6 Å². The molecule has 6 nitrogen and oxygen atoms in total. The summed E-state index contributed by atoms with van der Waals surface area (Å²) in [6.07, 6.45) is 0. The van der Waals surface area contributed by atoms with Gasteiger partial charge in [-0.15, -0.1) is 0 Å². The lowest BCUT2D eigenvalue weighted by Gasteiger charge is -2.34. The number of carbonyl (C=O) groups is 1. The molecule has 1 aliphatic heterocycles. The molecule has 0 aliphatic carbocycles. The van der Waals surface area contributed by atoms with E-state index in [9.17, 15) is 4.79 Å². The van der Waals surface area contributed by atoms with E-state index in [0.717, 1.165) is 24.5 Å². The number of hydrogen-bond donors (Lipinski definition) is 0. The smallest absolute Gasteiger partial charge is 0.237 e. The minimum atomic E-state index is 0.155. The van der Waals surface area contributed by atoms with Gasteiger partial charge in [-0.05, 0) is 19.4 Å². The lowest BCUT2D eigenvalue weighted by atomic mass is 10.1. The Bertz CT molecular complexity index is 668. The molecule has 0 radical (unpaired) electrons. The summed E-state index contributed by atoms with van der Waals surface area (Å²) >= 11 is 0. The summed E-state index contributed by atoms with van der Waals surface area (Å²) in [6.45, 7) is 7.20. The van der Waals surface area contributed by atoms with Crippen LogP contribution in [0.25, 0.3) is 0 Å². The van der Waals surface area contributed by atoms with Gasteiger partial charge in [-0.3, -0.25) is 9.69 Å². The molecule has 0 atom stereocenters. The summed E-state index contributed by atoms with van der Waals surface area (Å²) in [4.78, 5) is 16.3. The Morgan fingerprint density at radius 2 is 2.05 bits per heavy atom. The van der Waals surface area contributed by atoms with Gasteiger partial charge in [0.2, 0.25) is 5.91 Å². The Morgan fingerprint density at radius 1 is 1.18 bits per heavy atom. The molecule has 0 spiro atoms. The summed E-state index contributed by atoms with van der Waals surface area (Å²) in [5.74, 6) is 0.155. The second-order valence-corrected chi connectivity index (χ2v) is 5.81. The van der Waals surface area contributed by atoms with Crippen molar-refractivity contribution in [3.63, 3.8) is 0 Å². The minimum absolute atomic E-state index is 0.155. The van der Waals surface area contributed by atoms with Gasteiger partial charge in [-0.2, -0.15) is 0 Å². The molecule has 1 aromatic carbocycles. The van der Waals surface area contributed by atoms with Crippen molar-refractivity contribution in [2.45, 2.75) is 26.9 Å². The Hall–Kier alpha value is -2.21. The first-order valence-corrected chi connectivity index (χ1v) is 7.45. The molecule has 0 N–H and O–H groups in total. The second kappa shape index (κ2) is 6.27. The average molecular weight is 300 g/mol. The lowest BCUT2D eigenvalue weighted by Crippen LogP contribution is -2.49. The van der Waals surface area contributed by atoms with E-state index in [4.69, 9.17) is 4.63 Å². The molecule has 1 aliphatic rings. The first-order valence-electron chi connectivity index (χ1n) is 7.45. The molecule has 116 valence electrons. The molecule has 1 amide bonds. The first-order chi connectivity index (χ1) is 10.6. The van der Waals surface area contributed by atoms with E-state index in [1.807, 2.05) is 17.9 Å². The highest BCUT2D eigenvalue weighted by Crippen LogP contribution is 2.13. The van der Waals surface area contributed by atoms with Gasteiger partial charge >= 0.3 is 0 Å². The van der Waals surface area contributed by atoms with Gasteiger partial charge in [0.25, 0.3) is 0 Å². The van der Waals surface area contributed by atoms with Crippen molar-refractivity contribution >= 4 is 5.91 Å². The van der Waals surface area contributed by atoms with Crippen molar-refractivity contribution < 1.29 is 9.42 Å². The monoisotopic (exact) mass is 300 g/mol. The van der Waals surface area contributed by atoms with E-state index >= 15 is 0 Å². The Kier molecular flexibility index (Phi) is 4.20. The van der Waals surface area contributed by atoms with E-state index in [0.29, 0.717) is 19.6 Å². The van der Waals surface area contributed by atoms with E-state index < -0.39 is 0 Å². The van der Waals surface area contributed by atoms with Crippen LogP contribution in [0.15, 0.2) is 28.9 Å². The predicted octanol–water partition coefficient (Wildman–Crippen LogP) is 1.53. The van der Waals surface area contributed by atoms with Crippen molar-refractivity contribution in [1.82, 2.24) is 20.1 Å². The quantitative estimate of drug-likeness (QED) is 0.857. The highest BCUT2D eigenvalue weighted by Gasteiger charge is 2.25. The second-order valence-electron chi connectivity index (χ2n) is 5.81. The summed E-state index contributed by atoms with van der Waals surface area (Å²) in [5.41, 5.74) is 3.99. The number of nitrogens with zero attached hydrogens (tertiary/aromatic N) is 4. The number of hydrogen-bond acceptors (Lipinski definition) is 5. The molecule has 1 saturated heterocycles. The maximum atomic E-state index is 12.3. The molecule has 2 heterocycles. The van der Waals surface area contributed by atoms with Crippen LogP contribution >= 0.6 is 0 Å². The topological polar surface area (TPSA) is 62.5 Å². The van der Waals surface area contributed by atoms with Gasteiger partial charge < -0.3 is 4.90 Å². The number of amides is 1. The van der Waals surface area contributed by atoms with Crippen LogP contribution in [0.5, 0.6) is 0 Å². The lowest BCUT2D eigenvalue weighted by molar-refractivity contribution is -0.136. The van der Waals surface area contributed by atoms with E-state index in [1.165, 1.54) is 11.1 Å². The number of aromatic nitrogens is 2. The Balaban J connectivity index is 1.58. The minimum Gasteiger partial charge on any atom is -0.336 e. The number of piperazine rings is 1. The van der Waals surface area contributed by atoms with Gasteiger partial charge in [-0.25, -0.2) is 4.63 Å². The summed E-state index contributed by atoms with van der Waals surface area (Å²) < 4.78 is 4.70. The van der Waals surface area contributed by atoms with Gasteiger partial charge in [-0.1, -0.05) is 40.1 Å². The third kappa shape index (κ3) is 3.33. The fraction of sp³-hybridized carbons (Fsp3) is 0.438. The molecular formula is C16H20N4O2. The zero-order valence-corrected chi connectivity index (χ0v) is 13.0. The van der Waals surface area contributed by atoms with E-state index in [2.05, 4.69) is 40.3 Å². The molecule has 22 heavy (non-hydrogen) atoms. The number of benzene rings is 1. The molecule has 0 unspecified atom stereocenters. The van der Waals surface area contributed by atoms with Gasteiger partial charge in [0.15, 0.2) is 0 Å². The number of carbonyl (C=O) groups excluding carboxylic acids is 1. The summed E-state index contributed by atoms with van der Waals surface area (Å²) in [7, 11) is 0. The van der Waals surface area contributed by atoms with Gasteiger partial charge in [0, 0.05) is 26.2 Å². The standard InChI is InChI=1S/C16H20N4O2/c1-12-4-3-5-14(8-12)9-20-7-6-19(11-16(20)21)10-15-13(2)17-22-18-15/h3-5,8H,6-7,9-11H2,1-2H3. The molecule has 3 rings (SSSR count).